The summed E-state index contributed by atoms with van der Waals surface area (Å²) in [7, 11) is 0. The van der Waals surface area contributed by atoms with Crippen LogP contribution in [-0.4, -0.2) is 9.55 Å². The number of hydrogen-bond donors (Lipinski definition) is 1. The molecular weight excluding hydrogens is 230 g/mol. The molecule has 2 aromatic rings. The summed E-state index contributed by atoms with van der Waals surface area (Å²) in [4.78, 5) is 4.50. The maximum Gasteiger partial charge on any atom is 0.0898 e. The lowest BCUT2D eigenvalue weighted by Crippen LogP contribution is -2.15. The summed E-state index contributed by atoms with van der Waals surface area (Å²) in [6.07, 6.45) is 7.95. The molecule has 3 rings (SSSR count). The smallest absolute Gasteiger partial charge is 0.0898 e. The number of nitrogens with two attached hydrogens (primary N) is 1. The second kappa shape index (κ2) is 4.27. The van der Waals surface area contributed by atoms with Crippen molar-refractivity contribution in [3.8, 4) is 0 Å². The molecule has 0 fully saturated rings. The van der Waals surface area contributed by atoms with Gasteiger partial charge in [-0.25, -0.2) is 4.98 Å². The molecule has 4 heteroatoms. The molecule has 2 aromatic heterocycles. The minimum atomic E-state index is 0.233. The minimum Gasteiger partial charge on any atom is -0.348 e. The quantitative estimate of drug-likeness (QED) is 0.886. The van der Waals surface area contributed by atoms with Gasteiger partial charge in [0.2, 0.25) is 0 Å². The molecule has 1 atom stereocenters. The fraction of sp³-hybridized carbons (Fsp3) is 0.462. The molecule has 1 unspecified atom stereocenters. The van der Waals surface area contributed by atoms with E-state index in [4.69, 9.17) is 5.73 Å². The fourth-order valence-corrected chi connectivity index (χ4v) is 3.15. The van der Waals surface area contributed by atoms with Crippen LogP contribution in [0.1, 0.15) is 40.7 Å². The van der Waals surface area contributed by atoms with Gasteiger partial charge in [-0.3, -0.25) is 0 Å². The molecule has 0 aromatic carbocycles. The van der Waals surface area contributed by atoms with Crippen LogP contribution in [0.2, 0.25) is 0 Å². The summed E-state index contributed by atoms with van der Waals surface area (Å²) in [5, 5.41) is 3.27. The lowest BCUT2D eigenvalue weighted by atomic mass is 9.92. The molecule has 2 heterocycles. The number of hydrogen-bond acceptors (Lipinski definition) is 3. The van der Waals surface area contributed by atoms with E-state index in [0.717, 1.165) is 23.7 Å². The molecule has 17 heavy (non-hydrogen) atoms. The summed E-state index contributed by atoms with van der Waals surface area (Å²) in [5.41, 5.74) is 10.0. The Labute approximate surface area is 105 Å². The minimum absolute atomic E-state index is 0.233. The van der Waals surface area contributed by atoms with Crippen LogP contribution in [0, 0.1) is 6.92 Å². The van der Waals surface area contributed by atoms with Crippen LogP contribution in [0.4, 0.5) is 0 Å². The Hall–Kier alpha value is -1.13. The number of thiazole rings is 1. The highest BCUT2D eigenvalue weighted by Gasteiger charge is 2.18. The summed E-state index contributed by atoms with van der Waals surface area (Å²) in [5.74, 6) is 0. The summed E-state index contributed by atoms with van der Waals surface area (Å²) < 4.78 is 2.23. The van der Waals surface area contributed by atoms with E-state index >= 15 is 0 Å². The molecule has 0 saturated heterocycles. The van der Waals surface area contributed by atoms with Crippen molar-refractivity contribution in [2.45, 2.75) is 38.8 Å². The van der Waals surface area contributed by atoms with Gasteiger partial charge >= 0.3 is 0 Å². The monoisotopic (exact) mass is 247 g/mol. The molecule has 0 bridgehead atoms. The molecule has 2 N–H and O–H groups in total. The predicted octanol–water partition coefficient (Wildman–Crippen LogP) is 2.64. The largest absolute Gasteiger partial charge is 0.348 e. The first-order valence-electron chi connectivity index (χ1n) is 6.07. The van der Waals surface area contributed by atoms with Crippen molar-refractivity contribution in [1.29, 1.82) is 0 Å². The van der Waals surface area contributed by atoms with Crippen molar-refractivity contribution in [3.63, 3.8) is 0 Å². The Balaban J connectivity index is 1.85. The Bertz CT molecular complexity index is 527. The number of aryl methyl sites for hydroxylation is 2. The van der Waals surface area contributed by atoms with E-state index < -0.39 is 0 Å². The third-order valence-corrected chi connectivity index (χ3v) is 4.19. The van der Waals surface area contributed by atoms with Crippen LogP contribution < -0.4 is 5.73 Å². The zero-order valence-electron chi connectivity index (χ0n) is 10.0. The van der Waals surface area contributed by atoms with E-state index in [1.165, 1.54) is 24.0 Å². The zero-order valence-corrected chi connectivity index (χ0v) is 10.8. The normalized spacial score (nSPS) is 19.3. The molecule has 0 radical (unpaired) electrons. The standard InChI is InChI=1S/C13H17N3S/c1-9-15-11(8-17-9)6-16-5-10-3-2-4-13(14)12(10)7-16/h5,7-8,13H,2-4,6,14H2,1H3. The number of fused-ring (bicyclic) bond motifs is 1. The van der Waals surface area contributed by atoms with E-state index in [2.05, 4.69) is 27.3 Å². The van der Waals surface area contributed by atoms with Crippen LogP contribution in [0.15, 0.2) is 17.8 Å². The highest BCUT2D eigenvalue weighted by Crippen LogP contribution is 2.28. The van der Waals surface area contributed by atoms with Crippen LogP contribution in [0.5, 0.6) is 0 Å². The number of nitrogens with zero attached hydrogens (tertiary/aromatic N) is 2. The van der Waals surface area contributed by atoms with Crippen molar-refractivity contribution in [2.75, 3.05) is 0 Å². The van der Waals surface area contributed by atoms with Crippen LogP contribution in [0.25, 0.3) is 0 Å². The SMILES string of the molecule is Cc1nc(Cn2cc3c(c2)C(N)CCC3)cs1. The van der Waals surface area contributed by atoms with Crippen LogP contribution in [-0.2, 0) is 13.0 Å². The third kappa shape index (κ3) is 2.15. The van der Waals surface area contributed by atoms with Crippen molar-refractivity contribution in [2.24, 2.45) is 5.73 Å². The van der Waals surface area contributed by atoms with Gasteiger partial charge in [-0.1, -0.05) is 0 Å². The molecule has 90 valence electrons. The fourth-order valence-electron chi connectivity index (χ4n) is 2.54. The molecule has 1 aliphatic rings. The van der Waals surface area contributed by atoms with Gasteiger partial charge in [-0.15, -0.1) is 11.3 Å². The van der Waals surface area contributed by atoms with Crippen molar-refractivity contribution in [3.05, 3.63) is 39.6 Å². The summed E-state index contributed by atoms with van der Waals surface area (Å²) >= 11 is 1.71. The average molecular weight is 247 g/mol. The first-order chi connectivity index (χ1) is 8.22. The number of aromatic nitrogens is 2. The van der Waals surface area contributed by atoms with Gasteiger partial charge in [0.05, 0.1) is 17.2 Å². The molecule has 0 saturated carbocycles. The van der Waals surface area contributed by atoms with Gasteiger partial charge in [0.15, 0.2) is 0 Å². The third-order valence-electron chi connectivity index (χ3n) is 3.37. The second-order valence-electron chi connectivity index (χ2n) is 4.77. The first-order valence-corrected chi connectivity index (χ1v) is 6.95. The van der Waals surface area contributed by atoms with E-state index in [1.54, 1.807) is 11.3 Å². The summed E-state index contributed by atoms with van der Waals surface area (Å²) in [6.45, 7) is 2.91. The van der Waals surface area contributed by atoms with Gasteiger partial charge < -0.3 is 10.3 Å². The Kier molecular flexibility index (Phi) is 2.76. The van der Waals surface area contributed by atoms with Crippen molar-refractivity contribution >= 4 is 11.3 Å². The molecule has 3 nitrogen and oxygen atoms in total. The molecule has 0 amide bonds. The topological polar surface area (TPSA) is 43.8 Å². The first kappa shape index (κ1) is 11.0. The van der Waals surface area contributed by atoms with Gasteiger partial charge in [-0.2, -0.15) is 0 Å². The van der Waals surface area contributed by atoms with Gasteiger partial charge in [0, 0.05) is 23.8 Å². The van der Waals surface area contributed by atoms with E-state index in [-0.39, 0.29) is 6.04 Å². The van der Waals surface area contributed by atoms with Crippen molar-refractivity contribution in [1.82, 2.24) is 9.55 Å². The lowest BCUT2D eigenvalue weighted by molar-refractivity contribution is 0.573. The summed E-state index contributed by atoms with van der Waals surface area (Å²) in [6, 6.07) is 0.233. The van der Waals surface area contributed by atoms with Gasteiger partial charge in [0.25, 0.3) is 0 Å². The van der Waals surface area contributed by atoms with Crippen LogP contribution in [0.3, 0.4) is 0 Å². The molecular formula is C13H17N3S. The maximum absolute atomic E-state index is 6.13. The molecule has 0 spiro atoms. The zero-order chi connectivity index (χ0) is 11.8. The van der Waals surface area contributed by atoms with Gasteiger partial charge in [0.1, 0.15) is 0 Å². The highest BCUT2D eigenvalue weighted by molar-refractivity contribution is 7.09. The number of rotatable bonds is 2. The van der Waals surface area contributed by atoms with E-state index in [9.17, 15) is 0 Å². The van der Waals surface area contributed by atoms with Crippen LogP contribution >= 0.6 is 11.3 Å². The lowest BCUT2D eigenvalue weighted by Gasteiger charge is -2.17. The molecule has 1 aliphatic carbocycles. The maximum atomic E-state index is 6.13. The molecule has 0 aliphatic heterocycles. The highest BCUT2D eigenvalue weighted by atomic mass is 32.1. The van der Waals surface area contributed by atoms with E-state index in [0.29, 0.717) is 0 Å². The predicted molar refractivity (Wildman–Crippen MR) is 70.3 cm³/mol. The Morgan fingerprint density at radius 2 is 2.41 bits per heavy atom. The second-order valence-corrected chi connectivity index (χ2v) is 5.83. The average Bonchev–Trinajstić information content (AvgIpc) is 2.86. The van der Waals surface area contributed by atoms with Gasteiger partial charge in [-0.05, 0) is 37.3 Å². The Morgan fingerprint density at radius 1 is 1.53 bits per heavy atom. The van der Waals surface area contributed by atoms with Crippen molar-refractivity contribution < 1.29 is 0 Å². The Morgan fingerprint density at radius 3 is 3.12 bits per heavy atom. The van der Waals surface area contributed by atoms with E-state index in [1.807, 2.05) is 6.92 Å².